The van der Waals surface area contributed by atoms with Crippen molar-refractivity contribution in [1.29, 1.82) is 0 Å². The first kappa shape index (κ1) is 10.8. The highest BCUT2D eigenvalue weighted by Crippen LogP contribution is 2.12. The summed E-state index contributed by atoms with van der Waals surface area (Å²) in [4.78, 5) is 0. The molecule has 0 radical (unpaired) electrons. The van der Waals surface area contributed by atoms with Gasteiger partial charge in [0.15, 0.2) is 11.6 Å². The molecule has 0 amide bonds. The number of hydrogen-bond acceptors (Lipinski definition) is 3. The zero-order valence-corrected chi connectivity index (χ0v) is 9.81. The van der Waals surface area contributed by atoms with E-state index in [1.165, 1.54) is 0 Å². The Morgan fingerprint density at radius 2 is 1.81 bits per heavy atom. The van der Waals surface area contributed by atoms with Crippen LogP contribution in [0.15, 0.2) is 29.4 Å². The third-order valence-corrected chi connectivity index (χ3v) is 2.51. The van der Waals surface area contributed by atoms with Crippen LogP contribution in [0.4, 0.5) is 0 Å². The number of aromatic nitrogens is 3. The van der Waals surface area contributed by atoms with Crippen molar-refractivity contribution in [2.75, 3.05) is 0 Å². The summed E-state index contributed by atoms with van der Waals surface area (Å²) in [6.07, 6.45) is 1.70. The molecule has 0 spiro atoms. The number of nitrogens with zero attached hydrogens (tertiary/aromatic N) is 4. The molecule has 1 aromatic carbocycles. The van der Waals surface area contributed by atoms with E-state index in [9.17, 15) is 0 Å². The van der Waals surface area contributed by atoms with Crippen LogP contribution in [0, 0.1) is 13.8 Å². The number of benzene rings is 1. The Morgan fingerprint density at radius 3 is 2.44 bits per heavy atom. The molecule has 2 rings (SSSR count). The predicted molar refractivity (Wildman–Crippen MR) is 63.9 cm³/mol. The minimum Gasteiger partial charge on any atom is -0.202 e. The maximum absolute atomic E-state index is 6.01. The Hall–Kier alpha value is -1.68. The first-order valence-corrected chi connectivity index (χ1v) is 5.24. The SMILES string of the molecule is Cc1nnc(C)n1/N=C\c1ccccc1Cl. The van der Waals surface area contributed by atoms with Crippen LogP contribution in [0.25, 0.3) is 0 Å². The van der Waals surface area contributed by atoms with Crippen molar-refractivity contribution in [3.8, 4) is 0 Å². The molecule has 0 N–H and O–H groups in total. The van der Waals surface area contributed by atoms with Crippen molar-refractivity contribution in [2.45, 2.75) is 13.8 Å². The van der Waals surface area contributed by atoms with Gasteiger partial charge in [-0.1, -0.05) is 29.8 Å². The van der Waals surface area contributed by atoms with Gasteiger partial charge in [-0.2, -0.15) is 5.10 Å². The zero-order chi connectivity index (χ0) is 11.5. The van der Waals surface area contributed by atoms with Crippen molar-refractivity contribution in [2.24, 2.45) is 5.10 Å². The van der Waals surface area contributed by atoms with Crippen LogP contribution in [-0.2, 0) is 0 Å². The first-order valence-electron chi connectivity index (χ1n) is 4.86. The average Bonchev–Trinajstić information content (AvgIpc) is 2.58. The number of halogens is 1. The molecule has 0 unspecified atom stereocenters. The predicted octanol–water partition coefficient (Wildman–Crippen LogP) is 2.43. The van der Waals surface area contributed by atoms with Crippen LogP contribution in [0.3, 0.4) is 0 Å². The number of aryl methyl sites for hydroxylation is 2. The highest BCUT2D eigenvalue weighted by molar-refractivity contribution is 6.33. The molecule has 2 aromatic rings. The van der Waals surface area contributed by atoms with Crippen LogP contribution < -0.4 is 0 Å². The molecule has 1 heterocycles. The van der Waals surface area contributed by atoms with Gasteiger partial charge in [-0.3, -0.25) is 0 Å². The van der Waals surface area contributed by atoms with Crippen molar-refractivity contribution in [3.05, 3.63) is 46.5 Å². The van der Waals surface area contributed by atoms with Crippen LogP contribution in [0.5, 0.6) is 0 Å². The van der Waals surface area contributed by atoms with Gasteiger partial charge in [0.05, 0.1) is 6.21 Å². The fourth-order valence-electron chi connectivity index (χ4n) is 1.33. The molecule has 0 fully saturated rings. The van der Waals surface area contributed by atoms with Gasteiger partial charge in [0.2, 0.25) is 0 Å². The second kappa shape index (κ2) is 4.45. The van der Waals surface area contributed by atoms with Crippen LogP contribution in [0.2, 0.25) is 5.02 Å². The minimum absolute atomic E-state index is 0.676. The summed E-state index contributed by atoms with van der Waals surface area (Å²) in [5.41, 5.74) is 0.872. The zero-order valence-electron chi connectivity index (χ0n) is 9.05. The highest BCUT2D eigenvalue weighted by Gasteiger charge is 2.01. The van der Waals surface area contributed by atoms with E-state index < -0.39 is 0 Å². The molecule has 0 atom stereocenters. The van der Waals surface area contributed by atoms with Gasteiger partial charge >= 0.3 is 0 Å². The van der Waals surface area contributed by atoms with Crippen molar-refractivity contribution < 1.29 is 0 Å². The summed E-state index contributed by atoms with van der Waals surface area (Å²) in [5.74, 6) is 1.50. The van der Waals surface area contributed by atoms with Crippen molar-refractivity contribution in [3.63, 3.8) is 0 Å². The van der Waals surface area contributed by atoms with Crippen LogP contribution in [0.1, 0.15) is 17.2 Å². The molecule has 0 saturated heterocycles. The monoisotopic (exact) mass is 234 g/mol. The summed E-state index contributed by atoms with van der Waals surface area (Å²) in [5, 5.41) is 12.8. The maximum atomic E-state index is 6.01. The molecule has 0 aliphatic carbocycles. The van der Waals surface area contributed by atoms with Gasteiger partial charge in [0.1, 0.15) is 0 Å². The number of rotatable bonds is 2. The first-order chi connectivity index (χ1) is 7.68. The van der Waals surface area contributed by atoms with E-state index in [4.69, 9.17) is 11.6 Å². The van der Waals surface area contributed by atoms with Gasteiger partial charge in [-0.25, -0.2) is 4.68 Å². The second-order valence-corrected chi connectivity index (χ2v) is 3.78. The number of hydrogen-bond donors (Lipinski definition) is 0. The van der Waals surface area contributed by atoms with E-state index in [1.807, 2.05) is 38.1 Å². The summed E-state index contributed by atoms with van der Waals surface area (Å²) in [7, 11) is 0. The van der Waals surface area contributed by atoms with Crippen LogP contribution in [-0.4, -0.2) is 21.1 Å². The Kier molecular flexibility index (Phi) is 3.01. The molecule has 0 aliphatic heterocycles. The molecule has 0 saturated carbocycles. The second-order valence-electron chi connectivity index (χ2n) is 3.37. The average molecular weight is 235 g/mol. The Bertz CT molecular complexity index is 511. The third-order valence-electron chi connectivity index (χ3n) is 2.17. The Balaban J connectivity index is 2.32. The summed E-state index contributed by atoms with van der Waals surface area (Å²) >= 11 is 6.01. The molecule has 1 aromatic heterocycles. The molecule has 16 heavy (non-hydrogen) atoms. The third kappa shape index (κ3) is 2.12. The van der Waals surface area contributed by atoms with Gasteiger partial charge in [0.25, 0.3) is 0 Å². The Labute approximate surface area is 98.6 Å². The van der Waals surface area contributed by atoms with Gasteiger partial charge in [-0.15, -0.1) is 10.2 Å². The normalized spacial score (nSPS) is 11.2. The minimum atomic E-state index is 0.676. The van der Waals surface area contributed by atoms with Gasteiger partial charge in [0, 0.05) is 10.6 Å². The highest BCUT2D eigenvalue weighted by atomic mass is 35.5. The lowest BCUT2D eigenvalue weighted by atomic mass is 10.2. The quantitative estimate of drug-likeness (QED) is 0.749. The van der Waals surface area contributed by atoms with Crippen LogP contribution >= 0.6 is 11.6 Å². The lowest BCUT2D eigenvalue weighted by Crippen LogP contribution is -1.96. The maximum Gasteiger partial charge on any atom is 0.151 e. The van der Waals surface area contributed by atoms with E-state index in [0.29, 0.717) is 5.02 Å². The fourth-order valence-corrected chi connectivity index (χ4v) is 1.51. The molecular formula is C11H11ClN4. The molecule has 0 bridgehead atoms. The molecule has 4 nitrogen and oxygen atoms in total. The lowest BCUT2D eigenvalue weighted by Gasteiger charge is -1.98. The lowest BCUT2D eigenvalue weighted by molar-refractivity contribution is 0.799. The fraction of sp³-hybridized carbons (Fsp3) is 0.182. The molecule has 5 heteroatoms. The Morgan fingerprint density at radius 1 is 1.19 bits per heavy atom. The summed E-state index contributed by atoms with van der Waals surface area (Å²) in [6, 6.07) is 7.53. The van der Waals surface area contributed by atoms with Gasteiger partial charge < -0.3 is 0 Å². The molecular weight excluding hydrogens is 224 g/mol. The topological polar surface area (TPSA) is 43.1 Å². The van der Waals surface area contributed by atoms with Crippen molar-refractivity contribution >= 4 is 17.8 Å². The van der Waals surface area contributed by atoms with E-state index in [2.05, 4.69) is 15.3 Å². The largest absolute Gasteiger partial charge is 0.202 e. The van der Waals surface area contributed by atoms with Crippen molar-refractivity contribution in [1.82, 2.24) is 14.9 Å². The molecule has 82 valence electrons. The summed E-state index contributed by atoms with van der Waals surface area (Å²) in [6.45, 7) is 3.70. The van der Waals surface area contributed by atoms with Gasteiger partial charge in [-0.05, 0) is 19.9 Å². The van der Waals surface area contributed by atoms with E-state index >= 15 is 0 Å². The summed E-state index contributed by atoms with van der Waals surface area (Å²) < 4.78 is 1.67. The van der Waals surface area contributed by atoms with E-state index in [-0.39, 0.29) is 0 Å². The van der Waals surface area contributed by atoms with E-state index in [0.717, 1.165) is 17.2 Å². The molecule has 0 aliphatic rings. The van der Waals surface area contributed by atoms with E-state index in [1.54, 1.807) is 10.9 Å². The standard InChI is InChI=1S/C11H11ClN4/c1-8-14-15-9(2)16(8)13-7-10-5-3-4-6-11(10)12/h3-7H,1-2H3/b13-7-. The smallest absolute Gasteiger partial charge is 0.151 e.